The summed E-state index contributed by atoms with van der Waals surface area (Å²) >= 11 is 0. The van der Waals surface area contributed by atoms with Crippen LogP contribution in [0.3, 0.4) is 0 Å². The van der Waals surface area contributed by atoms with Crippen molar-refractivity contribution in [3.8, 4) is 5.75 Å². The van der Waals surface area contributed by atoms with Crippen LogP contribution in [-0.2, 0) is 10.2 Å². The molecule has 2 rings (SSSR count). The van der Waals surface area contributed by atoms with Crippen LogP contribution in [-0.4, -0.2) is 22.7 Å². The van der Waals surface area contributed by atoms with Crippen LogP contribution in [0.25, 0.3) is 0 Å². The second-order valence-electron chi connectivity index (χ2n) is 6.05. The molecule has 1 heterocycles. The molecular formula is C15H21NO3. The summed E-state index contributed by atoms with van der Waals surface area (Å²) in [6, 6.07) is 7.35. The highest BCUT2D eigenvalue weighted by Crippen LogP contribution is 2.48. The fourth-order valence-electron chi connectivity index (χ4n) is 3.15. The number of aliphatic carboxylic acids is 1. The van der Waals surface area contributed by atoms with Crippen LogP contribution in [0.2, 0.25) is 0 Å². The molecule has 2 atom stereocenters. The Morgan fingerprint density at radius 3 is 2.68 bits per heavy atom. The smallest absolute Gasteiger partial charge is 0.304 e. The minimum absolute atomic E-state index is 0.0223. The molecule has 4 nitrogen and oxygen atoms in total. The van der Waals surface area contributed by atoms with Gasteiger partial charge in [0.2, 0.25) is 0 Å². The van der Waals surface area contributed by atoms with E-state index in [0.29, 0.717) is 6.42 Å². The first-order chi connectivity index (χ1) is 8.77. The lowest BCUT2D eigenvalue weighted by atomic mass is 9.65. The maximum atomic E-state index is 11.3. The van der Waals surface area contributed by atoms with Gasteiger partial charge in [-0.05, 0) is 33.3 Å². The minimum atomic E-state index is -0.829. The number of carboxylic acid groups (broad SMARTS) is 1. The standard InChI is InChI=1S/C15H21NO3/c1-10(16)15(8-13(17)18)9-14(2,3)19-12-7-5-4-6-11(12)15/h4-7,10H,8-9,16H2,1-3H3,(H,17,18). The van der Waals surface area contributed by atoms with Crippen molar-refractivity contribution in [3.63, 3.8) is 0 Å². The highest BCUT2D eigenvalue weighted by molar-refractivity contribution is 5.70. The molecule has 3 N–H and O–H groups in total. The maximum Gasteiger partial charge on any atom is 0.304 e. The van der Waals surface area contributed by atoms with Crippen LogP contribution in [0.4, 0.5) is 0 Å². The number of carbonyl (C=O) groups is 1. The largest absolute Gasteiger partial charge is 0.488 e. The summed E-state index contributed by atoms with van der Waals surface area (Å²) in [7, 11) is 0. The van der Waals surface area contributed by atoms with E-state index in [9.17, 15) is 9.90 Å². The van der Waals surface area contributed by atoms with Crippen LogP contribution in [0.1, 0.15) is 39.2 Å². The molecule has 0 radical (unpaired) electrons. The number of benzene rings is 1. The summed E-state index contributed by atoms with van der Waals surface area (Å²) < 4.78 is 5.96. The van der Waals surface area contributed by atoms with Gasteiger partial charge in [-0.15, -0.1) is 0 Å². The van der Waals surface area contributed by atoms with Crippen molar-refractivity contribution in [2.75, 3.05) is 0 Å². The van der Waals surface area contributed by atoms with Gasteiger partial charge in [0.25, 0.3) is 0 Å². The monoisotopic (exact) mass is 263 g/mol. The molecule has 0 amide bonds. The molecule has 2 unspecified atom stereocenters. The molecular weight excluding hydrogens is 242 g/mol. The normalized spacial score (nSPS) is 26.1. The average Bonchev–Trinajstić information content (AvgIpc) is 2.26. The summed E-state index contributed by atoms with van der Waals surface area (Å²) in [5, 5.41) is 9.28. The number of hydrogen-bond donors (Lipinski definition) is 2. The number of carboxylic acids is 1. The molecule has 0 aromatic heterocycles. The Kier molecular flexibility index (Phi) is 3.31. The first-order valence-corrected chi connectivity index (χ1v) is 6.53. The van der Waals surface area contributed by atoms with E-state index >= 15 is 0 Å². The molecule has 19 heavy (non-hydrogen) atoms. The lowest BCUT2D eigenvalue weighted by Crippen LogP contribution is -2.53. The Morgan fingerprint density at radius 1 is 1.47 bits per heavy atom. The number of para-hydroxylation sites is 1. The van der Waals surface area contributed by atoms with Crippen molar-refractivity contribution in [3.05, 3.63) is 29.8 Å². The van der Waals surface area contributed by atoms with Crippen molar-refractivity contribution in [1.82, 2.24) is 0 Å². The molecule has 0 spiro atoms. The molecule has 1 aromatic rings. The van der Waals surface area contributed by atoms with Gasteiger partial charge in [-0.1, -0.05) is 18.2 Å². The van der Waals surface area contributed by atoms with E-state index in [1.165, 1.54) is 0 Å². The highest BCUT2D eigenvalue weighted by Gasteiger charge is 2.48. The van der Waals surface area contributed by atoms with Gasteiger partial charge in [-0.25, -0.2) is 0 Å². The lowest BCUT2D eigenvalue weighted by Gasteiger charge is -2.47. The Morgan fingerprint density at radius 2 is 2.11 bits per heavy atom. The SMILES string of the molecule is CC(N)C1(CC(=O)O)CC(C)(C)Oc2ccccc21. The van der Waals surface area contributed by atoms with Gasteiger partial charge in [0, 0.05) is 17.0 Å². The summed E-state index contributed by atoms with van der Waals surface area (Å²) in [5.41, 5.74) is 6.08. The summed E-state index contributed by atoms with van der Waals surface area (Å²) in [6.07, 6.45) is 0.620. The third-order valence-corrected chi connectivity index (χ3v) is 3.89. The van der Waals surface area contributed by atoms with Gasteiger partial charge >= 0.3 is 5.97 Å². The van der Waals surface area contributed by atoms with Crippen molar-refractivity contribution < 1.29 is 14.6 Å². The van der Waals surface area contributed by atoms with Crippen LogP contribution < -0.4 is 10.5 Å². The minimum Gasteiger partial charge on any atom is -0.488 e. The molecule has 0 bridgehead atoms. The molecule has 1 aliphatic heterocycles. The van der Waals surface area contributed by atoms with Crippen molar-refractivity contribution in [2.24, 2.45) is 5.73 Å². The predicted molar refractivity (Wildman–Crippen MR) is 73.3 cm³/mol. The molecule has 104 valence electrons. The fourth-order valence-corrected chi connectivity index (χ4v) is 3.15. The van der Waals surface area contributed by atoms with E-state index in [-0.39, 0.29) is 12.5 Å². The Balaban J connectivity index is 2.61. The van der Waals surface area contributed by atoms with Crippen LogP contribution in [0.15, 0.2) is 24.3 Å². The Bertz CT molecular complexity index is 496. The van der Waals surface area contributed by atoms with E-state index in [4.69, 9.17) is 10.5 Å². The van der Waals surface area contributed by atoms with Crippen molar-refractivity contribution in [2.45, 2.75) is 50.7 Å². The number of nitrogens with two attached hydrogens (primary N) is 1. The van der Waals surface area contributed by atoms with E-state index in [1.54, 1.807) is 0 Å². The molecule has 0 fully saturated rings. The third kappa shape index (κ3) is 2.45. The first-order valence-electron chi connectivity index (χ1n) is 6.53. The number of hydrogen-bond acceptors (Lipinski definition) is 3. The zero-order chi connectivity index (χ0) is 14.3. The maximum absolute atomic E-state index is 11.3. The third-order valence-electron chi connectivity index (χ3n) is 3.89. The molecule has 4 heteroatoms. The number of rotatable bonds is 3. The van der Waals surface area contributed by atoms with E-state index in [1.807, 2.05) is 45.0 Å². The van der Waals surface area contributed by atoms with Crippen LogP contribution in [0, 0.1) is 0 Å². The fraction of sp³-hybridized carbons (Fsp3) is 0.533. The summed E-state index contributed by atoms with van der Waals surface area (Å²) in [6.45, 7) is 5.82. The zero-order valence-corrected chi connectivity index (χ0v) is 11.6. The van der Waals surface area contributed by atoms with Gasteiger partial charge < -0.3 is 15.6 Å². The molecule has 0 aliphatic carbocycles. The van der Waals surface area contributed by atoms with Gasteiger partial charge in [0.05, 0.1) is 6.42 Å². The highest BCUT2D eigenvalue weighted by atomic mass is 16.5. The van der Waals surface area contributed by atoms with E-state index in [2.05, 4.69) is 0 Å². The van der Waals surface area contributed by atoms with Gasteiger partial charge in [0.1, 0.15) is 11.4 Å². The zero-order valence-electron chi connectivity index (χ0n) is 11.6. The van der Waals surface area contributed by atoms with Crippen molar-refractivity contribution in [1.29, 1.82) is 0 Å². The van der Waals surface area contributed by atoms with Gasteiger partial charge in [-0.2, -0.15) is 0 Å². The average molecular weight is 263 g/mol. The number of ether oxygens (including phenoxy) is 1. The molecule has 0 saturated carbocycles. The Labute approximate surface area is 113 Å². The van der Waals surface area contributed by atoms with E-state index in [0.717, 1.165) is 11.3 Å². The Hall–Kier alpha value is -1.55. The second kappa shape index (κ2) is 4.53. The quantitative estimate of drug-likeness (QED) is 0.877. The van der Waals surface area contributed by atoms with Gasteiger partial charge in [0.15, 0.2) is 0 Å². The number of fused-ring (bicyclic) bond motifs is 1. The van der Waals surface area contributed by atoms with Gasteiger partial charge in [-0.3, -0.25) is 4.79 Å². The summed E-state index contributed by atoms with van der Waals surface area (Å²) in [5.74, 6) is -0.0814. The second-order valence-corrected chi connectivity index (χ2v) is 6.05. The van der Waals surface area contributed by atoms with E-state index < -0.39 is 17.0 Å². The summed E-state index contributed by atoms with van der Waals surface area (Å²) in [4.78, 5) is 11.3. The molecule has 1 aromatic carbocycles. The van der Waals surface area contributed by atoms with Crippen molar-refractivity contribution >= 4 is 5.97 Å². The lowest BCUT2D eigenvalue weighted by molar-refractivity contribution is -0.139. The van der Waals surface area contributed by atoms with Crippen LogP contribution >= 0.6 is 0 Å². The first kappa shape index (κ1) is 13.9. The topological polar surface area (TPSA) is 72.6 Å². The predicted octanol–water partition coefficient (Wildman–Crippen LogP) is 2.31. The molecule has 0 saturated heterocycles. The van der Waals surface area contributed by atoms with Crippen LogP contribution in [0.5, 0.6) is 5.75 Å². The molecule has 1 aliphatic rings.